The van der Waals surface area contributed by atoms with Gasteiger partial charge in [-0.1, -0.05) is 164 Å². The molecule has 0 radical (unpaired) electrons. The summed E-state index contributed by atoms with van der Waals surface area (Å²) in [7, 11) is -2.94. The Labute approximate surface area is 341 Å². The fourth-order valence-corrected chi connectivity index (χ4v) is 16.4. The lowest BCUT2D eigenvalue weighted by atomic mass is 10.1. The highest BCUT2D eigenvalue weighted by Crippen LogP contribution is 2.38. The summed E-state index contributed by atoms with van der Waals surface area (Å²) in [6.07, 6.45) is 0. The zero-order valence-electron chi connectivity index (χ0n) is 31.6. The molecule has 3 heterocycles. The third kappa shape index (κ3) is 4.76. The van der Waals surface area contributed by atoms with Crippen LogP contribution in [0.4, 0.5) is 0 Å². The van der Waals surface area contributed by atoms with Crippen LogP contribution in [0.5, 0.6) is 0 Å². The Morgan fingerprint density at radius 3 is 1.55 bits per heavy atom. The summed E-state index contributed by atoms with van der Waals surface area (Å²) in [4.78, 5) is 0. The Morgan fingerprint density at radius 1 is 0.310 bits per heavy atom. The molecule has 12 rings (SSSR count). The number of benzene rings is 9. The first kappa shape index (κ1) is 33.2. The number of rotatable bonds is 6. The number of para-hydroxylation sites is 3. The topological polar surface area (TPSA) is 9.86 Å². The van der Waals surface area contributed by atoms with E-state index in [0.717, 1.165) is 5.69 Å². The van der Waals surface area contributed by atoms with Gasteiger partial charge in [0, 0.05) is 53.1 Å². The van der Waals surface area contributed by atoms with Crippen LogP contribution < -0.4 is 20.7 Å². The largest absolute Gasteiger partial charge is 0.309 e. The molecule has 0 bridgehead atoms. The summed E-state index contributed by atoms with van der Waals surface area (Å²) in [5.74, 6) is 0. The van der Waals surface area contributed by atoms with E-state index >= 15 is 0 Å². The molecule has 58 heavy (non-hydrogen) atoms. The van der Waals surface area contributed by atoms with Crippen molar-refractivity contribution in [3.8, 4) is 11.4 Å². The number of hydrogen-bond donors (Lipinski definition) is 0. The third-order valence-electron chi connectivity index (χ3n) is 12.3. The molecule has 0 aliphatic carbocycles. The minimum Gasteiger partial charge on any atom is -0.309 e. The minimum absolute atomic E-state index is 1.16. The van der Waals surface area contributed by atoms with E-state index < -0.39 is 8.07 Å². The molecule has 3 aromatic heterocycles. The fraction of sp³-hybridized carbons (Fsp3) is 0. The highest BCUT2D eigenvalue weighted by Gasteiger charge is 2.43. The van der Waals surface area contributed by atoms with Gasteiger partial charge in [0.25, 0.3) is 0 Å². The van der Waals surface area contributed by atoms with Crippen molar-refractivity contribution in [3.05, 3.63) is 218 Å². The SMILES string of the molecule is c1ccc(-n2c3ccccc3c3cc(-n4c5ccccc5c5ccc([Si](c6ccccc6)(c6ccccc6)c6cccc7c6sc6ccccc67)cc54)ccc32)cc1. The van der Waals surface area contributed by atoms with Crippen LogP contribution in [0.2, 0.25) is 0 Å². The van der Waals surface area contributed by atoms with Gasteiger partial charge < -0.3 is 9.13 Å². The molecule has 0 aliphatic heterocycles. The van der Waals surface area contributed by atoms with E-state index in [-0.39, 0.29) is 0 Å². The van der Waals surface area contributed by atoms with Gasteiger partial charge in [0.1, 0.15) is 0 Å². The van der Waals surface area contributed by atoms with Gasteiger partial charge in [0.2, 0.25) is 0 Å². The van der Waals surface area contributed by atoms with Gasteiger partial charge in [0.05, 0.1) is 22.1 Å². The molecule has 0 atom stereocenters. The normalized spacial score (nSPS) is 12.1. The van der Waals surface area contributed by atoms with Crippen LogP contribution in [0.1, 0.15) is 0 Å². The second-order valence-corrected chi connectivity index (χ2v) is 20.1. The predicted molar refractivity (Wildman–Crippen MR) is 252 cm³/mol. The van der Waals surface area contributed by atoms with Crippen LogP contribution in [-0.4, -0.2) is 17.2 Å². The third-order valence-corrected chi connectivity index (χ3v) is 18.5. The summed E-state index contributed by atoms with van der Waals surface area (Å²) in [5, 5.41) is 13.2. The summed E-state index contributed by atoms with van der Waals surface area (Å²) in [6, 6.07) is 81.5. The first-order valence-corrected chi connectivity index (χ1v) is 22.8. The van der Waals surface area contributed by atoms with Crippen LogP contribution in [-0.2, 0) is 0 Å². The van der Waals surface area contributed by atoms with Gasteiger partial charge in [0.15, 0.2) is 8.07 Å². The number of thiophene rings is 1. The number of nitrogens with zero attached hydrogens (tertiary/aromatic N) is 2. The number of hydrogen-bond acceptors (Lipinski definition) is 1. The van der Waals surface area contributed by atoms with Gasteiger partial charge in [-0.15, -0.1) is 11.3 Å². The summed E-state index contributed by atoms with van der Waals surface area (Å²) >= 11 is 1.94. The van der Waals surface area contributed by atoms with Crippen molar-refractivity contribution in [2.24, 2.45) is 0 Å². The average molecular weight is 773 g/mol. The molecule has 0 fully saturated rings. The standard InChI is InChI=1S/C54H36N2SSi/c1-4-17-37(18-5-1)55-49-28-14-11-24-43(49)47-35-38(31-34-50(47)55)56-48-27-13-10-23-42(48)44-33-32-41(36-51(44)56)58(39-19-6-2-7-20-39,40-21-8-3-9-22-40)53-30-16-26-46-45-25-12-15-29-52(45)57-54(46)53/h1-36H. The molecule has 0 aliphatic rings. The zero-order chi connectivity index (χ0) is 38.2. The Balaban J connectivity index is 1.19. The molecule has 12 aromatic rings. The second kappa shape index (κ2) is 13.0. The molecule has 0 spiro atoms. The zero-order valence-corrected chi connectivity index (χ0v) is 33.4. The van der Waals surface area contributed by atoms with E-state index in [1.54, 1.807) is 0 Å². The average Bonchev–Trinajstić information content (AvgIpc) is 3.95. The molecule has 0 saturated heterocycles. The molecular formula is C54H36N2SSi. The highest BCUT2D eigenvalue weighted by molar-refractivity contribution is 7.30. The van der Waals surface area contributed by atoms with Crippen molar-refractivity contribution in [1.29, 1.82) is 0 Å². The molecule has 272 valence electrons. The number of fused-ring (bicyclic) bond motifs is 9. The van der Waals surface area contributed by atoms with Gasteiger partial charge in [-0.2, -0.15) is 0 Å². The van der Waals surface area contributed by atoms with Crippen LogP contribution in [0, 0.1) is 0 Å². The maximum Gasteiger partial charge on any atom is 0.181 e. The summed E-state index contributed by atoms with van der Waals surface area (Å²) in [6.45, 7) is 0. The Hall–Kier alpha value is -6.98. The van der Waals surface area contributed by atoms with E-state index in [0.29, 0.717) is 0 Å². The van der Waals surface area contributed by atoms with Crippen molar-refractivity contribution in [3.63, 3.8) is 0 Å². The maximum atomic E-state index is 2.55. The van der Waals surface area contributed by atoms with E-state index in [1.165, 1.54) is 90.2 Å². The minimum atomic E-state index is -2.94. The molecule has 2 nitrogen and oxygen atoms in total. The molecule has 0 unspecified atom stereocenters. The van der Waals surface area contributed by atoms with Crippen molar-refractivity contribution >= 4 is 104 Å². The van der Waals surface area contributed by atoms with Gasteiger partial charge in [-0.3, -0.25) is 0 Å². The highest BCUT2D eigenvalue weighted by atomic mass is 32.1. The monoisotopic (exact) mass is 772 g/mol. The summed E-state index contributed by atoms with van der Waals surface area (Å²) in [5.41, 5.74) is 7.16. The molecular weight excluding hydrogens is 737 g/mol. The molecule has 0 saturated carbocycles. The van der Waals surface area contributed by atoms with Crippen LogP contribution in [0.3, 0.4) is 0 Å². The lowest BCUT2D eigenvalue weighted by molar-refractivity contribution is 1.17. The smallest absolute Gasteiger partial charge is 0.181 e. The van der Waals surface area contributed by atoms with E-state index in [9.17, 15) is 0 Å². The maximum absolute atomic E-state index is 2.94. The van der Waals surface area contributed by atoms with E-state index in [1.807, 2.05) is 11.3 Å². The van der Waals surface area contributed by atoms with E-state index in [4.69, 9.17) is 0 Å². The van der Waals surface area contributed by atoms with Crippen LogP contribution >= 0.6 is 11.3 Å². The Kier molecular flexibility index (Phi) is 7.46. The van der Waals surface area contributed by atoms with Gasteiger partial charge >= 0.3 is 0 Å². The summed E-state index contributed by atoms with van der Waals surface area (Å²) < 4.78 is 7.61. The molecule has 9 aromatic carbocycles. The van der Waals surface area contributed by atoms with Crippen molar-refractivity contribution in [2.75, 3.05) is 0 Å². The lowest BCUT2D eigenvalue weighted by Gasteiger charge is -2.35. The van der Waals surface area contributed by atoms with Crippen molar-refractivity contribution in [1.82, 2.24) is 9.13 Å². The first-order chi connectivity index (χ1) is 28.8. The predicted octanol–water partition coefficient (Wildman–Crippen LogP) is 11.6. The van der Waals surface area contributed by atoms with Crippen LogP contribution in [0.15, 0.2) is 218 Å². The molecule has 4 heteroatoms. The number of aromatic nitrogens is 2. The Bertz CT molecular complexity index is 3470. The van der Waals surface area contributed by atoms with Crippen molar-refractivity contribution < 1.29 is 0 Å². The fourth-order valence-electron chi connectivity index (χ4n) is 9.82. The quantitative estimate of drug-likeness (QED) is 0.118. The second-order valence-electron chi connectivity index (χ2n) is 15.2. The van der Waals surface area contributed by atoms with Crippen molar-refractivity contribution in [2.45, 2.75) is 0 Å². The molecule has 0 amide bonds. The lowest BCUT2D eigenvalue weighted by Crippen LogP contribution is -2.74. The van der Waals surface area contributed by atoms with Crippen LogP contribution in [0.25, 0.3) is 75.2 Å². The first-order valence-electron chi connectivity index (χ1n) is 19.9. The van der Waals surface area contributed by atoms with E-state index in [2.05, 4.69) is 228 Å². The molecule has 0 N–H and O–H groups in total. The van der Waals surface area contributed by atoms with Gasteiger partial charge in [-0.25, -0.2) is 0 Å². The Morgan fingerprint density at radius 2 is 0.845 bits per heavy atom. The van der Waals surface area contributed by atoms with Gasteiger partial charge in [-0.05, 0) is 75.3 Å².